The zero-order valence-electron chi connectivity index (χ0n) is 12.9. The van der Waals surface area contributed by atoms with E-state index in [1.165, 1.54) is 39.2 Å². The molecular weight excluding hydrogens is 254 g/mol. The molecule has 0 unspecified atom stereocenters. The van der Waals surface area contributed by atoms with Crippen molar-refractivity contribution in [2.45, 2.75) is 65.3 Å². The Kier molecular flexibility index (Phi) is 7.12. The number of methoxy groups -OCH3 is 1. The number of anilines is 1. The highest BCUT2D eigenvalue weighted by Gasteiger charge is 2.19. The first-order valence-corrected chi connectivity index (χ1v) is 7.58. The minimum atomic E-state index is -0.459. The van der Waals surface area contributed by atoms with E-state index < -0.39 is 5.97 Å². The van der Waals surface area contributed by atoms with Gasteiger partial charge in [0.1, 0.15) is 11.6 Å². The molecule has 1 heterocycles. The number of esters is 1. The summed E-state index contributed by atoms with van der Waals surface area (Å²) in [6.45, 7) is 5.06. The molecule has 1 rings (SSSR count). The lowest BCUT2D eigenvalue weighted by atomic mass is 10.1. The van der Waals surface area contributed by atoms with E-state index in [1.807, 2.05) is 11.5 Å². The lowest BCUT2D eigenvalue weighted by Crippen LogP contribution is -2.09. The summed E-state index contributed by atoms with van der Waals surface area (Å²) in [7, 11) is 1.35. The number of unbranched alkanes of at least 4 members (excludes halogenated alkanes) is 5. The number of carbonyl (C=O) groups excluding carboxylic acids is 1. The van der Waals surface area contributed by atoms with Crippen molar-refractivity contribution in [3.8, 4) is 0 Å². The summed E-state index contributed by atoms with van der Waals surface area (Å²) in [6, 6.07) is 0. The molecule has 1 aromatic rings. The fraction of sp³-hybridized carbons (Fsp3) is 0.733. The maximum absolute atomic E-state index is 11.6. The van der Waals surface area contributed by atoms with Crippen molar-refractivity contribution in [3.05, 3.63) is 11.5 Å². The van der Waals surface area contributed by atoms with Crippen LogP contribution in [-0.2, 0) is 17.7 Å². The van der Waals surface area contributed by atoms with E-state index in [2.05, 4.69) is 11.9 Å². The summed E-state index contributed by atoms with van der Waals surface area (Å²) in [4.78, 5) is 15.9. The van der Waals surface area contributed by atoms with Gasteiger partial charge in [0.25, 0.3) is 0 Å². The second-order valence-electron chi connectivity index (χ2n) is 5.03. The summed E-state index contributed by atoms with van der Waals surface area (Å²) in [5.74, 6) is 0.831. The van der Waals surface area contributed by atoms with Gasteiger partial charge in [0.15, 0.2) is 5.69 Å². The molecule has 5 nitrogen and oxygen atoms in total. The normalized spacial score (nSPS) is 10.8. The van der Waals surface area contributed by atoms with Gasteiger partial charge >= 0.3 is 5.97 Å². The van der Waals surface area contributed by atoms with Crippen molar-refractivity contribution in [2.24, 2.45) is 0 Å². The number of aryl methyl sites for hydroxylation is 1. The number of nitrogens with two attached hydrogens (primary N) is 1. The molecule has 20 heavy (non-hydrogen) atoms. The Morgan fingerprint density at radius 2 is 1.85 bits per heavy atom. The highest BCUT2D eigenvalue weighted by molar-refractivity contribution is 5.92. The van der Waals surface area contributed by atoms with E-state index in [9.17, 15) is 4.79 Å². The smallest absolute Gasteiger partial charge is 0.360 e. The largest absolute Gasteiger partial charge is 0.464 e. The Morgan fingerprint density at radius 3 is 2.45 bits per heavy atom. The van der Waals surface area contributed by atoms with Crippen molar-refractivity contribution >= 4 is 11.8 Å². The van der Waals surface area contributed by atoms with Crippen molar-refractivity contribution < 1.29 is 9.53 Å². The molecule has 0 atom stereocenters. The second kappa shape index (κ2) is 8.61. The fourth-order valence-electron chi connectivity index (χ4n) is 2.33. The lowest BCUT2D eigenvalue weighted by Gasteiger charge is -2.08. The van der Waals surface area contributed by atoms with Crippen LogP contribution in [0.15, 0.2) is 0 Å². The molecule has 114 valence electrons. The molecule has 0 aromatic carbocycles. The minimum absolute atomic E-state index is 0.246. The molecule has 0 aliphatic carbocycles. The molecule has 0 amide bonds. The highest BCUT2D eigenvalue weighted by Crippen LogP contribution is 2.18. The van der Waals surface area contributed by atoms with E-state index in [4.69, 9.17) is 10.5 Å². The van der Waals surface area contributed by atoms with Gasteiger partial charge in [-0.15, -0.1) is 0 Å². The third-order valence-corrected chi connectivity index (χ3v) is 3.52. The van der Waals surface area contributed by atoms with E-state index in [0.29, 0.717) is 5.82 Å². The number of rotatable bonds is 9. The Bertz CT molecular complexity index is 427. The zero-order chi connectivity index (χ0) is 15.0. The van der Waals surface area contributed by atoms with Crippen molar-refractivity contribution in [1.29, 1.82) is 0 Å². The first-order chi connectivity index (χ1) is 9.65. The Hall–Kier alpha value is -1.52. The number of nitrogen functional groups attached to an aromatic ring is 1. The highest BCUT2D eigenvalue weighted by atomic mass is 16.5. The van der Waals surface area contributed by atoms with E-state index >= 15 is 0 Å². The monoisotopic (exact) mass is 281 g/mol. The number of hydrogen-bond acceptors (Lipinski definition) is 4. The average Bonchev–Trinajstić information content (AvgIpc) is 2.78. The molecule has 0 fully saturated rings. The standard InChI is InChI=1S/C15H27N3O2/c1-4-6-7-8-9-10-11-18-12(5-2)17-13(14(18)16)15(19)20-3/h4-11,16H2,1-3H3. The van der Waals surface area contributed by atoms with Gasteiger partial charge in [0.05, 0.1) is 7.11 Å². The van der Waals surface area contributed by atoms with Crippen molar-refractivity contribution in [1.82, 2.24) is 9.55 Å². The summed E-state index contributed by atoms with van der Waals surface area (Å²) in [6.07, 6.45) is 8.14. The molecule has 1 aromatic heterocycles. The number of carbonyl (C=O) groups is 1. The van der Waals surface area contributed by atoms with Gasteiger partial charge in [-0.2, -0.15) is 0 Å². The quantitative estimate of drug-likeness (QED) is 0.557. The number of imidazole rings is 1. The Morgan fingerprint density at radius 1 is 1.20 bits per heavy atom. The molecule has 2 N–H and O–H groups in total. The van der Waals surface area contributed by atoms with Crippen LogP contribution in [0.25, 0.3) is 0 Å². The molecule has 0 aliphatic rings. The summed E-state index contributed by atoms with van der Waals surface area (Å²) >= 11 is 0. The van der Waals surface area contributed by atoms with E-state index in [0.717, 1.165) is 25.2 Å². The van der Waals surface area contributed by atoms with Gasteiger partial charge in [0, 0.05) is 13.0 Å². The van der Waals surface area contributed by atoms with Crippen LogP contribution in [0.5, 0.6) is 0 Å². The summed E-state index contributed by atoms with van der Waals surface area (Å²) in [5.41, 5.74) is 6.26. The second-order valence-corrected chi connectivity index (χ2v) is 5.03. The van der Waals surface area contributed by atoms with Crippen LogP contribution in [0.2, 0.25) is 0 Å². The van der Waals surface area contributed by atoms with Gasteiger partial charge in [-0.1, -0.05) is 46.0 Å². The number of ether oxygens (including phenoxy) is 1. The molecule has 0 saturated carbocycles. The number of aromatic nitrogens is 2. The van der Waals surface area contributed by atoms with Crippen LogP contribution >= 0.6 is 0 Å². The van der Waals surface area contributed by atoms with Crippen LogP contribution in [0, 0.1) is 0 Å². The molecule has 5 heteroatoms. The van der Waals surface area contributed by atoms with Gasteiger partial charge in [0.2, 0.25) is 0 Å². The maximum Gasteiger partial charge on any atom is 0.360 e. The number of hydrogen-bond donors (Lipinski definition) is 1. The van der Waals surface area contributed by atoms with Crippen LogP contribution in [-0.4, -0.2) is 22.6 Å². The van der Waals surface area contributed by atoms with Crippen LogP contribution in [0.3, 0.4) is 0 Å². The fourth-order valence-corrected chi connectivity index (χ4v) is 2.33. The Balaban J connectivity index is 2.60. The Labute approximate surface area is 121 Å². The molecular formula is C15H27N3O2. The SMILES string of the molecule is CCCCCCCCn1c(CC)nc(C(=O)OC)c1N. The molecule has 0 spiro atoms. The summed E-state index contributed by atoms with van der Waals surface area (Å²) in [5, 5.41) is 0. The van der Waals surface area contributed by atoms with Crippen molar-refractivity contribution in [3.63, 3.8) is 0 Å². The topological polar surface area (TPSA) is 70.1 Å². The lowest BCUT2D eigenvalue weighted by molar-refractivity contribution is 0.0595. The summed E-state index contributed by atoms with van der Waals surface area (Å²) < 4.78 is 6.66. The molecule has 0 aliphatic heterocycles. The number of nitrogens with zero attached hydrogens (tertiary/aromatic N) is 2. The van der Waals surface area contributed by atoms with Gasteiger partial charge < -0.3 is 15.0 Å². The first-order valence-electron chi connectivity index (χ1n) is 7.58. The maximum atomic E-state index is 11.6. The zero-order valence-corrected chi connectivity index (χ0v) is 12.9. The molecule has 0 saturated heterocycles. The molecule has 0 radical (unpaired) electrons. The predicted molar refractivity (Wildman–Crippen MR) is 80.7 cm³/mol. The molecule has 0 bridgehead atoms. The van der Waals surface area contributed by atoms with Crippen LogP contribution in [0.4, 0.5) is 5.82 Å². The van der Waals surface area contributed by atoms with Crippen LogP contribution in [0.1, 0.15) is 68.7 Å². The van der Waals surface area contributed by atoms with E-state index in [1.54, 1.807) is 0 Å². The third-order valence-electron chi connectivity index (χ3n) is 3.52. The van der Waals surface area contributed by atoms with Crippen LogP contribution < -0.4 is 5.73 Å². The predicted octanol–water partition coefficient (Wildman–Crippen LogP) is 3.17. The first kappa shape index (κ1) is 16.5. The van der Waals surface area contributed by atoms with Crippen molar-refractivity contribution in [2.75, 3.05) is 12.8 Å². The minimum Gasteiger partial charge on any atom is -0.464 e. The third kappa shape index (κ3) is 4.25. The van der Waals surface area contributed by atoms with Gasteiger partial charge in [-0.25, -0.2) is 9.78 Å². The van der Waals surface area contributed by atoms with E-state index in [-0.39, 0.29) is 5.69 Å². The average molecular weight is 281 g/mol. The van der Waals surface area contributed by atoms with Gasteiger partial charge in [-0.3, -0.25) is 0 Å². The van der Waals surface area contributed by atoms with Gasteiger partial charge in [-0.05, 0) is 6.42 Å².